The van der Waals surface area contributed by atoms with Gasteiger partial charge in [0.1, 0.15) is 12.1 Å². The summed E-state index contributed by atoms with van der Waals surface area (Å²) in [6.45, 7) is 6.26. The van der Waals surface area contributed by atoms with E-state index in [1.165, 1.54) is 38.1 Å². The van der Waals surface area contributed by atoms with Gasteiger partial charge >= 0.3 is 12.0 Å². The Morgan fingerprint density at radius 3 is 2.41 bits per heavy atom. The molecule has 2 N–H and O–H groups in total. The van der Waals surface area contributed by atoms with Crippen LogP contribution in [-0.2, 0) is 0 Å². The van der Waals surface area contributed by atoms with Crippen molar-refractivity contribution in [2.24, 2.45) is 0 Å². The number of carbonyl (C=O) groups excluding carboxylic acids is 1. The normalized spacial score (nSPS) is 15.9. The number of benzene rings is 2. The maximum Gasteiger partial charge on any atom is 0.335 e. The zero-order chi connectivity index (χ0) is 27.2. The van der Waals surface area contributed by atoms with E-state index < -0.39 is 5.97 Å². The summed E-state index contributed by atoms with van der Waals surface area (Å²) in [5, 5.41) is 12.8. The lowest BCUT2D eigenvalue weighted by Crippen LogP contribution is -2.50. The third-order valence-electron chi connectivity index (χ3n) is 7.22. The summed E-state index contributed by atoms with van der Waals surface area (Å²) in [5.74, 6) is 1.11. The van der Waals surface area contributed by atoms with Crippen LogP contribution in [0.25, 0.3) is 10.9 Å². The molecule has 2 fully saturated rings. The largest absolute Gasteiger partial charge is 0.493 e. The van der Waals surface area contributed by atoms with Gasteiger partial charge in [0.05, 0.1) is 24.8 Å². The van der Waals surface area contributed by atoms with Crippen molar-refractivity contribution in [3.8, 4) is 11.5 Å². The molecular weight excluding hydrogens is 500 g/mol. The maximum atomic E-state index is 12.8. The van der Waals surface area contributed by atoms with Crippen LogP contribution < -0.4 is 19.7 Å². The zero-order valence-electron chi connectivity index (χ0n) is 22.1. The van der Waals surface area contributed by atoms with E-state index in [2.05, 4.69) is 25.1 Å². The molecule has 0 atom stereocenters. The molecule has 2 aromatic carbocycles. The van der Waals surface area contributed by atoms with E-state index in [1.54, 1.807) is 30.5 Å². The Kier molecular flexibility index (Phi) is 8.26. The lowest BCUT2D eigenvalue weighted by molar-refractivity contribution is 0.0697. The minimum atomic E-state index is -1.00. The Hall–Kier alpha value is -4.12. The van der Waals surface area contributed by atoms with Gasteiger partial charge in [-0.1, -0.05) is 0 Å². The number of carbonyl (C=O) groups is 2. The number of aromatic nitrogens is 2. The third-order valence-corrected chi connectivity index (χ3v) is 7.22. The van der Waals surface area contributed by atoms with Crippen molar-refractivity contribution >= 4 is 34.4 Å². The quantitative estimate of drug-likeness (QED) is 0.397. The number of nitrogens with zero attached hydrogens (tertiary/aromatic N) is 5. The number of aromatic carboxylic acids is 1. The molecule has 0 aliphatic carbocycles. The molecule has 11 nitrogen and oxygen atoms in total. The second kappa shape index (κ2) is 12.2. The summed E-state index contributed by atoms with van der Waals surface area (Å²) in [6, 6.07) is 9.73. The van der Waals surface area contributed by atoms with Crippen LogP contribution in [0.15, 0.2) is 42.7 Å². The molecule has 2 aliphatic heterocycles. The minimum absolute atomic E-state index is 0.173. The van der Waals surface area contributed by atoms with E-state index in [0.29, 0.717) is 50.0 Å². The number of carboxylic acids is 1. The number of carboxylic acid groups (broad SMARTS) is 1. The summed E-state index contributed by atoms with van der Waals surface area (Å²) >= 11 is 0. The van der Waals surface area contributed by atoms with E-state index in [0.717, 1.165) is 29.7 Å². The van der Waals surface area contributed by atoms with Gasteiger partial charge in [-0.05, 0) is 62.7 Å². The van der Waals surface area contributed by atoms with Crippen LogP contribution in [0.5, 0.6) is 11.5 Å². The molecule has 3 heterocycles. The average Bonchev–Trinajstić information content (AvgIpc) is 3.48. The molecule has 3 aromatic rings. The standard InChI is InChI=1S/C28H34N6O5/c1-38-24-17-22-23(18-25(24)39-16-4-11-32-9-2-3-10-32)29-19-30-26(22)33-12-14-34(15-13-33)28(37)31-21-7-5-20(6-8-21)27(35)36/h5-8,17-19H,2-4,9-16H2,1H3,(H,31,37)(H,35,36). The van der Waals surface area contributed by atoms with Gasteiger partial charge in [0.15, 0.2) is 11.5 Å². The minimum Gasteiger partial charge on any atom is -0.493 e. The number of fused-ring (bicyclic) bond motifs is 1. The number of hydrogen-bond acceptors (Lipinski definition) is 8. The number of nitrogens with one attached hydrogen (secondary N) is 1. The molecule has 0 spiro atoms. The summed E-state index contributed by atoms with van der Waals surface area (Å²) < 4.78 is 11.7. The third kappa shape index (κ3) is 6.31. The molecule has 2 saturated heterocycles. The maximum absolute atomic E-state index is 12.8. The fourth-order valence-corrected chi connectivity index (χ4v) is 5.07. The van der Waals surface area contributed by atoms with Gasteiger partial charge in [0, 0.05) is 49.9 Å². The molecule has 206 valence electrons. The smallest absolute Gasteiger partial charge is 0.335 e. The average molecular weight is 535 g/mol. The highest BCUT2D eigenvalue weighted by molar-refractivity contribution is 5.93. The van der Waals surface area contributed by atoms with Gasteiger partial charge in [0.2, 0.25) is 0 Å². The van der Waals surface area contributed by atoms with Crippen LogP contribution in [0.3, 0.4) is 0 Å². The summed E-state index contributed by atoms with van der Waals surface area (Å²) in [4.78, 5) is 39.2. The first-order valence-corrected chi connectivity index (χ1v) is 13.3. The molecule has 2 aliphatic rings. The van der Waals surface area contributed by atoms with Crippen molar-refractivity contribution in [2.75, 3.05) is 69.7 Å². The van der Waals surface area contributed by atoms with Crippen molar-refractivity contribution in [2.45, 2.75) is 19.3 Å². The van der Waals surface area contributed by atoms with E-state index in [-0.39, 0.29) is 11.6 Å². The van der Waals surface area contributed by atoms with Crippen LogP contribution in [0.1, 0.15) is 29.6 Å². The Morgan fingerprint density at radius 1 is 0.974 bits per heavy atom. The highest BCUT2D eigenvalue weighted by Gasteiger charge is 2.24. The molecular formula is C28H34N6O5. The topological polar surface area (TPSA) is 120 Å². The Labute approximate surface area is 227 Å². The molecule has 5 rings (SSSR count). The van der Waals surface area contributed by atoms with E-state index in [4.69, 9.17) is 14.6 Å². The van der Waals surface area contributed by atoms with Crippen molar-refractivity contribution in [1.29, 1.82) is 0 Å². The monoisotopic (exact) mass is 534 g/mol. The van der Waals surface area contributed by atoms with Crippen LogP contribution in [-0.4, -0.2) is 96.4 Å². The van der Waals surface area contributed by atoms with Crippen LogP contribution >= 0.6 is 0 Å². The molecule has 11 heteroatoms. The van der Waals surface area contributed by atoms with Gasteiger partial charge in [-0.2, -0.15) is 0 Å². The molecule has 0 radical (unpaired) electrons. The second-order valence-electron chi connectivity index (χ2n) is 9.76. The summed E-state index contributed by atoms with van der Waals surface area (Å²) in [7, 11) is 1.63. The van der Waals surface area contributed by atoms with Crippen LogP contribution in [0.2, 0.25) is 0 Å². The first kappa shape index (κ1) is 26.5. The van der Waals surface area contributed by atoms with E-state index in [9.17, 15) is 9.59 Å². The summed E-state index contributed by atoms with van der Waals surface area (Å²) in [5.41, 5.74) is 1.50. The van der Waals surface area contributed by atoms with Gasteiger partial charge < -0.3 is 34.6 Å². The van der Waals surface area contributed by atoms with E-state index in [1.807, 2.05) is 12.1 Å². The van der Waals surface area contributed by atoms with Gasteiger partial charge in [-0.3, -0.25) is 0 Å². The fraction of sp³-hybridized carbons (Fsp3) is 0.429. The SMILES string of the molecule is COc1cc2c(N3CCN(C(=O)Nc4ccc(C(=O)O)cc4)CC3)ncnc2cc1OCCCN1CCCC1. The van der Waals surface area contributed by atoms with Crippen molar-refractivity contribution in [1.82, 2.24) is 19.8 Å². The highest BCUT2D eigenvalue weighted by Crippen LogP contribution is 2.35. The molecule has 2 amide bonds. The molecule has 0 bridgehead atoms. The van der Waals surface area contributed by atoms with Gasteiger partial charge in [-0.25, -0.2) is 19.6 Å². The Balaban J connectivity index is 1.20. The number of anilines is 2. The van der Waals surface area contributed by atoms with Gasteiger partial charge in [-0.15, -0.1) is 0 Å². The van der Waals surface area contributed by atoms with Crippen molar-refractivity contribution < 1.29 is 24.2 Å². The number of piperazine rings is 1. The zero-order valence-corrected chi connectivity index (χ0v) is 22.1. The van der Waals surface area contributed by atoms with Crippen molar-refractivity contribution in [3.63, 3.8) is 0 Å². The highest BCUT2D eigenvalue weighted by atomic mass is 16.5. The van der Waals surface area contributed by atoms with E-state index >= 15 is 0 Å². The molecule has 0 unspecified atom stereocenters. The van der Waals surface area contributed by atoms with Gasteiger partial charge in [0.25, 0.3) is 0 Å². The second-order valence-corrected chi connectivity index (χ2v) is 9.76. The van der Waals surface area contributed by atoms with Crippen molar-refractivity contribution in [3.05, 3.63) is 48.3 Å². The number of amides is 2. The predicted molar refractivity (Wildman–Crippen MR) is 148 cm³/mol. The molecule has 39 heavy (non-hydrogen) atoms. The number of urea groups is 1. The number of rotatable bonds is 9. The summed E-state index contributed by atoms with van der Waals surface area (Å²) in [6.07, 6.45) is 5.09. The fourth-order valence-electron chi connectivity index (χ4n) is 5.07. The first-order valence-electron chi connectivity index (χ1n) is 13.3. The first-order chi connectivity index (χ1) is 19.0. The van der Waals surface area contributed by atoms with Crippen LogP contribution in [0.4, 0.5) is 16.3 Å². The predicted octanol–water partition coefficient (Wildman–Crippen LogP) is 3.56. The number of ether oxygens (including phenoxy) is 2. The lowest BCUT2D eigenvalue weighted by atomic mass is 10.2. The Bertz CT molecular complexity index is 1300. The lowest BCUT2D eigenvalue weighted by Gasteiger charge is -2.35. The number of methoxy groups -OCH3 is 1. The number of likely N-dealkylation sites (tertiary alicyclic amines) is 1. The Morgan fingerprint density at radius 2 is 1.72 bits per heavy atom. The molecule has 1 aromatic heterocycles. The molecule has 0 saturated carbocycles. The number of hydrogen-bond donors (Lipinski definition) is 2. The van der Waals surface area contributed by atoms with Crippen LogP contribution in [0, 0.1) is 0 Å².